The third kappa shape index (κ3) is 3.37. The number of nitro benzene ring substituents is 1. The van der Waals surface area contributed by atoms with Crippen LogP contribution in [0.25, 0.3) is 5.52 Å². The zero-order valence-corrected chi connectivity index (χ0v) is 12.2. The van der Waals surface area contributed by atoms with Gasteiger partial charge in [-0.1, -0.05) is 12.1 Å². The Morgan fingerprint density at radius 2 is 1.91 bits per heavy atom. The van der Waals surface area contributed by atoms with Crippen LogP contribution in [0.15, 0.2) is 60.9 Å². The Balaban J connectivity index is 1.57. The SMILES string of the molecule is O=C(OCCc1ccc([N+](=O)[O-])cc1)c1ccn2cccc2c1. The minimum atomic E-state index is -0.443. The first-order chi connectivity index (χ1) is 11.1. The summed E-state index contributed by atoms with van der Waals surface area (Å²) in [6.07, 6.45) is 4.22. The molecule has 0 N–H and O–H groups in total. The van der Waals surface area contributed by atoms with Gasteiger partial charge in [0.15, 0.2) is 0 Å². The predicted octanol–water partition coefficient (Wildman–Crippen LogP) is 3.25. The lowest BCUT2D eigenvalue weighted by Gasteiger charge is -2.06. The van der Waals surface area contributed by atoms with Crippen LogP contribution in [0.4, 0.5) is 5.69 Å². The van der Waals surface area contributed by atoms with Gasteiger partial charge in [-0.15, -0.1) is 0 Å². The molecule has 116 valence electrons. The highest BCUT2D eigenvalue weighted by Crippen LogP contribution is 2.13. The topological polar surface area (TPSA) is 73.8 Å². The molecule has 0 aliphatic heterocycles. The molecule has 3 rings (SSSR count). The maximum absolute atomic E-state index is 12.0. The van der Waals surface area contributed by atoms with Crippen LogP contribution < -0.4 is 0 Å². The monoisotopic (exact) mass is 310 g/mol. The number of carbonyl (C=O) groups excluding carboxylic acids is 1. The number of hydrogen-bond donors (Lipinski definition) is 0. The number of carbonyl (C=O) groups is 1. The molecular formula is C17H14N2O4. The summed E-state index contributed by atoms with van der Waals surface area (Å²) in [5.41, 5.74) is 2.35. The predicted molar refractivity (Wildman–Crippen MR) is 84.5 cm³/mol. The minimum absolute atomic E-state index is 0.0474. The van der Waals surface area contributed by atoms with Gasteiger partial charge in [-0.3, -0.25) is 10.1 Å². The summed E-state index contributed by atoms with van der Waals surface area (Å²) in [6.45, 7) is 0.225. The van der Waals surface area contributed by atoms with Crippen molar-refractivity contribution in [3.05, 3.63) is 82.2 Å². The average molecular weight is 310 g/mol. The van der Waals surface area contributed by atoms with Crippen molar-refractivity contribution >= 4 is 17.2 Å². The van der Waals surface area contributed by atoms with Crippen LogP contribution in [0.1, 0.15) is 15.9 Å². The van der Waals surface area contributed by atoms with E-state index in [1.54, 1.807) is 24.3 Å². The fourth-order valence-electron chi connectivity index (χ4n) is 2.29. The van der Waals surface area contributed by atoms with Crippen LogP contribution in [0.2, 0.25) is 0 Å². The van der Waals surface area contributed by atoms with E-state index < -0.39 is 4.92 Å². The van der Waals surface area contributed by atoms with Crippen molar-refractivity contribution in [1.82, 2.24) is 4.40 Å². The number of nitrogens with zero attached hydrogens (tertiary/aromatic N) is 2. The number of esters is 1. The molecule has 0 aliphatic carbocycles. The van der Waals surface area contributed by atoms with E-state index in [-0.39, 0.29) is 18.3 Å². The van der Waals surface area contributed by atoms with Gasteiger partial charge in [0.2, 0.25) is 0 Å². The van der Waals surface area contributed by atoms with Crippen molar-refractivity contribution in [2.75, 3.05) is 6.61 Å². The molecule has 0 unspecified atom stereocenters. The van der Waals surface area contributed by atoms with Crippen molar-refractivity contribution in [1.29, 1.82) is 0 Å². The van der Waals surface area contributed by atoms with Gasteiger partial charge in [-0.2, -0.15) is 0 Å². The summed E-state index contributed by atoms with van der Waals surface area (Å²) in [5, 5.41) is 10.6. The lowest BCUT2D eigenvalue weighted by atomic mass is 10.1. The van der Waals surface area contributed by atoms with Crippen molar-refractivity contribution in [3.8, 4) is 0 Å². The molecule has 0 bridgehead atoms. The van der Waals surface area contributed by atoms with E-state index in [1.807, 2.05) is 28.9 Å². The standard InChI is InChI=1S/C17H14N2O4/c20-17(14-7-10-18-9-1-2-16(18)12-14)23-11-8-13-3-5-15(6-4-13)19(21)22/h1-7,9-10,12H,8,11H2. The first kappa shape index (κ1) is 14.8. The number of ether oxygens (including phenoxy) is 1. The molecule has 23 heavy (non-hydrogen) atoms. The van der Waals surface area contributed by atoms with Crippen LogP contribution in [-0.2, 0) is 11.2 Å². The number of pyridine rings is 1. The molecule has 6 heteroatoms. The Morgan fingerprint density at radius 3 is 2.65 bits per heavy atom. The third-order valence-electron chi connectivity index (χ3n) is 3.54. The second-order valence-electron chi connectivity index (χ2n) is 5.07. The average Bonchev–Trinajstić information content (AvgIpc) is 3.02. The first-order valence-electron chi connectivity index (χ1n) is 7.11. The Kier molecular flexibility index (Phi) is 4.05. The highest BCUT2D eigenvalue weighted by Gasteiger charge is 2.09. The van der Waals surface area contributed by atoms with E-state index in [0.717, 1.165) is 11.1 Å². The molecule has 0 saturated carbocycles. The highest BCUT2D eigenvalue weighted by atomic mass is 16.6. The van der Waals surface area contributed by atoms with Gasteiger partial charge in [0.25, 0.3) is 5.69 Å². The molecule has 0 radical (unpaired) electrons. The van der Waals surface area contributed by atoms with Gasteiger partial charge in [0.1, 0.15) is 0 Å². The molecular weight excluding hydrogens is 296 g/mol. The molecule has 0 aliphatic rings. The summed E-state index contributed by atoms with van der Waals surface area (Å²) in [4.78, 5) is 22.2. The quantitative estimate of drug-likeness (QED) is 0.412. The van der Waals surface area contributed by atoms with Gasteiger partial charge in [-0.05, 0) is 29.8 Å². The first-order valence-corrected chi connectivity index (χ1v) is 7.11. The van der Waals surface area contributed by atoms with Gasteiger partial charge >= 0.3 is 5.97 Å². The van der Waals surface area contributed by atoms with Crippen molar-refractivity contribution < 1.29 is 14.5 Å². The van der Waals surface area contributed by atoms with E-state index in [0.29, 0.717) is 12.0 Å². The molecule has 1 aromatic carbocycles. The van der Waals surface area contributed by atoms with Crippen LogP contribution >= 0.6 is 0 Å². The smallest absolute Gasteiger partial charge is 0.338 e. The zero-order valence-electron chi connectivity index (χ0n) is 12.2. The maximum Gasteiger partial charge on any atom is 0.338 e. The van der Waals surface area contributed by atoms with Crippen LogP contribution in [0.5, 0.6) is 0 Å². The normalized spacial score (nSPS) is 10.6. The molecule has 0 amide bonds. The molecule has 0 atom stereocenters. The third-order valence-corrected chi connectivity index (χ3v) is 3.54. The minimum Gasteiger partial charge on any atom is -0.462 e. The number of hydrogen-bond acceptors (Lipinski definition) is 4. The van der Waals surface area contributed by atoms with E-state index in [9.17, 15) is 14.9 Å². The number of non-ortho nitro benzene ring substituents is 1. The molecule has 3 aromatic rings. The summed E-state index contributed by atoms with van der Waals surface area (Å²) in [5.74, 6) is -0.379. The summed E-state index contributed by atoms with van der Waals surface area (Å²) in [6, 6.07) is 13.5. The van der Waals surface area contributed by atoms with E-state index in [2.05, 4.69) is 0 Å². The Hall–Kier alpha value is -3.15. The molecule has 0 fully saturated rings. The van der Waals surface area contributed by atoms with Crippen LogP contribution in [0, 0.1) is 10.1 Å². The lowest BCUT2D eigenvalue weighted by molar-refractivity contribution is -0.384. The molecule has 6 nitrogen and oxygen atoms in total. The van der Waals surface area contributed by atoms with Crippen molar-refractivity contribution in [3.63, 3.8) is 0 Å². The van der Waals surface area contributed by atoms with Gasteiger partial charge < -0.3 is 9.14 Å². The zero-order chi connectivity index (χ0) is 16.2. The number of rotatable bonds is 5. The molecule has 0 saturated heterocycles. The van der Waals surface area contributed by atoms with Gasteiger partial charge in [-0.25, -0.2) is 4.79 Å². The largest absolute Gasteiger partial charge is 0.462 e. The number of nitro groups is 1. The Labute approximate surface area is 132 Å². The van der Waals surface area contributed by atoms with E-state index in [4.69, 9.17) is 4.74 Å². The maximum atomic E-state index is 12.0. The van der Waals surface area contributed by atoms with Crippen LogP contribution in [0.3, 0.4) is 0 Å². The van der Waals surface area contributed by atoms with Crippen LogP contribution in [-0.4, -0.2) is 21.9 Å². The van der Waals surface area contributed by atoms with Crippen molar-refractivity contribution in [2.45, 2.75) is 6.42 Å². The van der Waals surface area contributed by atoms with E-state index in [1.165, 1.54) is 12.1 Å². The van der Waals surface area contributed by atoms with Gasteiger partial charge in [0, 0.05) is 36.5 Å². The number of benzene rings is 1. The number of aromatic nitrogens is 1. The lowest BCUT2D eigenvalue weighted by Crippen LogP contribution is -2.08. The summed E-state index contributed by atoms with van der Waals surface area (Å²) >= 11 is 0. The fraction of sp³-hybridized carbons (Fsp3) is 0.118. The number of fused-ring (bicyclic) bond motifs is 1. The summed E-state index contributed by atoms with van der Waals surface area (Å²) < 4.78 is 7.16. The molecule has 2 aromatic heterocycles. The second kappa shape index (κ2) is 6.31. The van der Waals surface area contributed by atoms with E-state index >= 15 is 0 Å². The summed E-state index contributed by atoms with van der Waals surface area (Å²) in [7, 11) is 0. The van der Waals surface area contributed by atoms with Crippen molar-refractivity contribution in [2.24, 2.45) is 0 Å². The van der Waals surface area contributed by atoms with Gasteiger partial charge in [0.05, 0.1) is 17.1 Å². The molecule has 0 spiro atoms. The Bertz CT molecular complexity index is 852. The molecule has 2 heterocycles. The fourth-order valence-corrected chi connectivity index (χ4v) is 2.29. The second-order valence-corrected chi connectivity index (χ2v) is 5.07. The highest BCUT2D eigenvalue weighted by molar-refractivity contribution is 5.90. The Morgan fingerprint density at radius 1 is 1.13 bits per heavy atom.